The molecule has 0 aliphatic carbocycles. The van der Waals surface area contributed by atoms with Crippen molar-refractivity contribution in [3.63, 3.8) is 0 Å². The molecule has 1 aromatic carbocycles. The number of para-hydroxylation sites is 1. The van der Waals surface area contributed by atoms with E-state index in [1.807, 2.05) is 55.7 Å². The van der Waals surface area contributed by atoms with Gasteiger partial charge in [0, 0.05) is 39.4 Å². The van der Waals surface area contributed by atoms with Gasteiger partial charge in [0.15, 0.2) is 5.96 Å². The van der Waals surface area contributed by atoms with E-state index in [1.165, 1.54) is 0 Å². The van der Waals surface area contributed by atoms with Crippen LogP contribution in [-0.2, 0) is 0 Å². The molecule has 0 radical (unpaired) electrons. The SMILES string of the molecule is CN=C(NCCOc1ccccc1)N1CCN(c2ccccn2)CC1. The van der Waals surface area contributed by atoms with E-state index in [-0.39, 0.29) is 0 Å². The summed E-state index contributed by atoms with van der Waals surface area (Å²) in [6, 6.07) is 15.9. The average Bonchev–Trinajstić information content (AvgIpc) is 2.70. The molecule has 1 fully saturated rings. The van der Waals surface area contributed by atoms with Gasteiger partial charge >= 0.3 is 0 Å². The summed E-state index contributed by atoms with van der Waals surface area (Å²) in [5.74, 6) is 2.86. The predicted octanol–water partition coefficient (Wildman–Crippen LogP) is 1.86. The van der Waals surface area contributed by atoms with Gasteiger partial charge in [0.25, 0.3) is 0 Å². The summed E-state index contributed by atoms with van der Waals surface area (Å²) in [5, 5.41) is 3.38. The minimum absolute atomic E-state index is 0.608. The van der Waals surface area contributed by atoms with Crippen LogP contribution in [0.3, 0.4) is 0 Å². The second kappa shape index (κ2) is 8.92. The molecular formula is C19H25N5O. The summed E-state index contributed by atoms with van der Waals surface area (Å²) >= 11 is 0. The van der Waals surface area contributed by atoms with Gasteiger partial charge in [-0.1, -0.05) is 24.3 Å². The topological polar surface area (TPSA) is 53.0 Å². The van der Waals surface area contributed by atoms with Crippen molar-refractivity contribution >= 4 is 11.8 Å². The van der Waals surface area contributed by atoms with Crippen LogP contribution >= 0.6 is 0 Å². The van der Waals surface area contributed by atoms with Crippen LogP contribution < -0.4 is 15.0 Å². The third-order valence-electron chi connectivity index (χ3n) is 4.16. The lowest BCUT2D eigenvalue weighted by Gasteiger charge is -2.37. The molecule has 0 atom stereocenters. The van der Waals surface area contributed by atoms with Crippen LogP contribution in [0.25, 0.3) is 0 Å². The molecule has 132 valence electrons. The first kappa shape index (κ1) is 17.1. The number of ether oxygens (including phenoxy) is 1. The van der Waals surface area contributed by atoms with Gasteiger partial charge in [-0.15, -0.1) is 0 Å². The molecule has 1 N–H and O–H groups in total. The number of aromatic nitrogens is 1. The summed E-state index contributed by atoms with van der Waals surface area (Å²) in [6.07, 6.45) is 1.84. The number of hydrogen-bond donors (Lipinski definition) is 1. The highest BCUT2D eigenvalue weighted by molar-refractivity contribution is 5.80. The lowest BCUT2D eigenvalue weighted by Crippen LogP contribution is -2.53. The van der Waals surface area contributed by atoms with E-state index >= 15 is 0 Å². The fourth-order valence-corrected chi connectivity index (χ4v) is 2.87. The number of benzene rings is 1. The second-order valence-electron chi connectivity index (χ2n) is 5.80. The molecule has 1 saturated heterocycles. The lowest BCUT2D eigenvalue weighted by atomic mass is 10.3. The molecular weight excluding hydrogens is 314 g/mol. The van der Waals surface area contributed by atoms with Crippen LogP contribution in [0.15, 0.2) is 59.7 Å². The van der Waals surface area contributed by atoms with Gasteiger partial charge in [-0.2, -0.15) is 0 Å². The monoisotopic (exact) mass is 339 g/mol. The Morgan fingerprint density at radius 3 is 2.52 bits per heavy atom. The Balaban J connectivity index is 1.42. The molecule has 25 heavy (non-hydrogen) atoms. The van der Waals surface area contributed by atoms with Crippen LogP contribution in [0, 0.1) is 0 Å². The molecule has 1 aromatic heterocycles. The molecule has 3 rings (SSSR count). The van der Waals surface area contributed by atoms with Crippen LogP contribution in [0.2, 0.25) is 0 Å². The maximum absolute atomic E-state index is 5.71. The third-order valence-corrected chi connectivity index (χ3v) is 4.16. The number of piperazine rings is 1. The van der Waals surface area contributed by atoms with E-state index in [9.17, 15) is 0 Å². The van der Waals surface area contributed by atoms with Crippen LogP contribution in [0.4, 0.5) is 5.82 Å². The third kappa shape index (κ3) is 4.86. The van der Waals surface area contributed by atoms with E-state index in [1.54, 1.807) is 0 Å². The quantitative estimate of drug-likeness (QED) is 0.512. The molecule has 0 amide bonds. The van der Waals surface area contributed by atoms with E-state index in [4.69, 9.17) is 4.74 Å². The van der Waals surface area contributed by atoms with Crippen LogP contribution in [0.1, 0.15) is 0 Å². The maximum Gasteiger partial charge on any atom is 0.193 e. The van der Waals surface area contributed by atoms with E-state index in [0.29, 0.717) is 6.61 Å². The Hall–Kier alpha value is -2.76. The minimum atomic E-state index is 0.608. The molecule has 2 aromatic rings. The average molecular weight is 339 g/mol. The largest absolute Gasteiger partial charge is 0.492 e. The van der Waals surface area contributed by atoms with Gasteiger partial charge < -0.3 is 19.9 Å². The zero-order valence-corrected chi connectivity index (χ0v) is 14.6. The number of anilines is 1. The summed E-state index contributed by atoms with van der Waals surface area (Å²) < 4.78 is 5.71. The first-order valence-electron chi connectivity index (χ1n) is 8.66. The predicted molar refractivity (Wildman–Crippen MR) is 101 cm³/mol. The normalized spacial score (nSPS) is 15.2. The van der Waals surface area contributed by atoms with Crippen molar-refractivity contribution in [3.05, 3.63) is 54.7 Å². The second-order valence-corrected chi connectivity index (χ2v) is 5.80. The summed E-state index contributed by atoms with van der Waals surface area (Å²) in [7, 11) is 1.82. The molecule has 6 heteroatoms. The number of nitrogens with one attached hydrogen (secondary N) is 1. The number of aliphatic imine (C=N–C) groups is 1. The molecule has 6 nitrogen and oxygen atoms in total. The number of pyridine rings is 1. The standard InChI is InChI=1S/C19H25N5O/c1-20-19(22-11-16-25-17-7-3-2-4-8-17)24-14-12-23(13-15-24)18-9-5-6-10-21-18/h2-10H,11-16H2,1H3,(H,20,22). The zero-order valence-electron chi connectivity index (χ0n) is 14.6. The Labute approximate surface area is 149 Å². The van der Waals surface area contributed by atoms with E-state index in [2.05, 4.69) is 31.2 Å². The Morgan fingerprint density at radius 1 is 1.08 bits per heavy atom. The fraction of sp³-hybridized carbons (Fsp3) is 0.368. The van der Waals surface area contributed by atoms with Gasteiger partial charge in [0.05, 0.1) is 6.54 Å². The molecule has 0 bridgehead atoms. The fourth-order valence-electron chi connectivity index (χ4n) is 2.87. The molecule has 0 unspecified atom stereocenters. The highest BCUT2D eigenvalue weighted by Crippen LogP contribution is 2.12. The Kier molecular flexibility index (Phi) is 6.09. The van der Waals surface area contributed by atoms with Gasteiger partial charge in [0.1, 0.15) is 18.2 Å². The van der Waals surface area contributed by atoms with Crippen molar-refractivity contribution < 1.29 is 4.74 Å². The highest BCUT2D eigenvalue weighted by Gasteiger charge is 2.20. The van der Waals surface area contributed by atoms with Crippen molar-refractivity contribution in [1.82, 2.24) is 15.2 Å². The Morgan fingerprint density at radius 2 is 1.84 bits per heavy atom. The number of nitrogens with zero attached hydrogens (tertiary/aromatic N) is 4. The zero-order chi connectivity index (χ0) is 17.3. The van der Waals surface area contributed by atoms with Gasteiger partial charge in [-0.3, -0.25) is 4.99 Å². The highest BCUT2D eigenvalue weighted by atomic mass is 16.5. The summed E-state index contributed by atoms with van der Waals surface area (Å²) in [5.41, 5.74) is 0. The summed E-state index contributed by atoms with van der Waals surface area (Å²) in [4.78, 5) is 13.4. The van der Waals surface area contributed by atoms with Crippen LogP contribution in [0.5, 0.6) is 5.75 Å². The molecule has 0 saturated carbocycles. The van der Waals surface area contributed by atoms with Gasteiger partial charge in [0.2, 0.25) is 0 Å². The van der Waals surface area contributed by atoms with Crippen molar-refractivity contribution in [2.75, 3.05) is 51.3 Å². The molecule has 0 spiro atoms. The minimum Gasteiger partial charge on any atom is -0.492 e. The molecule has 1 aliphatic heterocycles. The van der Waals surface area contributed by atoms with Crippen LogP contribution in [-0.4, -0.2) is 62.2 Å². The number of hydrogen-bond acceptors (Lipinski definition) is 4. The van der Waals surface area contributed by atoms with E-state index in [0.717, 1.165) is 50.3 Å². The summed E-state index contributed by atoms with van der Waals surface area (Å²) in [6.45, 7) is 5.07. The van der Waals surface area contributed by atoms with Crippen molar-refractivity contribution in [1.29, 1.82) is 0 Å². The van der Waals surface area contributed by atoms with Gasteiger partial charge in [-0.25, -0.2) is 4.98 Å². The first-order valence-corrected chi connectivity index (χ1v) is 8.66. The maximum atomic E-state index is 5.71. The molecule has 2 heterocycles. The smallest absolute Gasteiger partial charge is 0.193 e. The number of guanidine groups is 1. The Bertz CT molecular complexity index is 654. The lowest BCUT2D eigenvalue weighted by molar-refractivity contribution is 0.315. The first-order chi connectivity index (χ1) is 12.4. The van der Waals surface area contributed by atoms with Crippen molar-refractivity contribution in [2.45, 2.75) is 0 Å². The molecule has 1 aliphatic rings. The van der Waals surface area contributed by atoms with Gasteiger partial charge in [-0.05, 0) is 24.3 Å². The van der Waals surface area contributed by atoms with Crippen molar-refractivity contribution in [2.24, 2.45) is 4.99 Å². The number of rotatable bonds is 5. The van der Waals surface area contributed by atoms with Crippen molar-refractivity contribution in [3.8, 4) is 5.75 Å². The van der Waals surface area contributed by atoms with E-state index < -0.39 is 0 Å².